The van der Waals surface area contributed by atoms with Gasteiger partial charge in [-0.2, -0.15) is 5.10 Å². The Balaban J connectivity index is 2.11. The van der Waals surface area contributed by atoms with Crippen LogP contribution in [-0.2, 0) is 19.4 Å². The lowest BCUT2D eigenvalue weighted by atomic mass is 10.0. The highest BCUT2D eigenvalue weighted by Crippen LogP contribution is 2.08. The van der Waals surface area contributed by atoms with Gasteiger partial charge in [-0.05, 0) is 18.9 Å². The summed E-state index contributed by atoms with van der Waals surface area (Å²) in [6.45, 7) is 4.82. The molecule has 0 saturated heterocycles. The summed E-state index contributed by atoms with van der Waals surface area (Å²) < 4.78 is 1.75. The molecule has 0 saturated carbocycles. The first kappa shape index (κ1) is 12.5. The van der Waals surface area contributed by atoms with E-state index in [0.717, 1.165) is 24.4 Å². The van der Waals surface area contributed by atoms with Gasteiger partial charge >= 0.3 is 0 Å². The zero-order valence-electron chi connectivity index (χ0n) is 10.8. The minimum atomic E-state index is 0.0837. The van der Waals surface area contributed by atoms with E-state index in [1.807, 2.05) is 31.2 Å². The zero-order chi connectivity index (χ0) is 13.0. The highest BCUT2D eigenvalue weighted by atomic mass is 16.1. The fraction of sp³-hybridized carbons (Fsp3) is 0.357. The Morgan fingerprint density at radius 2 is 1.94 bits per heavy atom. The van der Waals surface area contributed by atoms with Gasteiger partial charge in [0.2, 0.25) is 0 Å². The number of aryl methyl sites for hydroxylation is 2. The molecule has 0 amide bonds. The summed E-state index contributed by atoms with van der Waals surface area (Å²) in [5.74, 6) is 0.808. The van der Waals surface area contributed by atoms with Crippen LogP contribution in [0.4, 0.5) is 0 Å². The van der Waals surface area contributed by atoms with Crippen LogP contribution in [0, 0.1) is 0 Å². The van der Waals surface area contributed by atoms with Crippen molar-refractivity contribution in [3.8, 4) is 0 Å². The average Bonchev–Trinajstić information content (AvgIpc) is 2.86. The van der Waals surface area contributed by atoms with Crippen molar-refractivity contribution < 1.29 is 4.79 Å². The minimum absolute atomic E-state index is 0.0837. The summed E-state index contributed by atoms with van der Waals surface area (Å²) in [4.78, 5) is 16.2. The molecule has 0 unspecified atom stereocenters. The number of carbonyl (C=O) groups is 1. The van der Waals surface area contributed by atoms with Gasteiger partial charge in [-0.1, -0.05) is 31.2 Å². The minimum Gasteiger partial charge on any atom is -0.294 e. The van der Waals surface area contributed by atoms with Gasteiger partial charge in [0, 0.05) is 12.1 Å². The van der Waals surface area contributed by atoms with Crippen LogP contribution >= 0.6 is 0 Å². The quantitative estimate of drug-likeness (QED) is 0.757. The molecule has 2 aromatic rings. The van der Waals surface area contributed by atoms with E-state index in [1.54, 1.807) is 4.68 Å². The summed E-state index contributed by atoms with van der Waals surface area (Å²) in [6.07, 6.45) is 2.78. The van der Waals surface area contributed by atoms with Gasteiger partial charge < -0.3 is 0 Å². The van der Waals surface area contributed by atoms with Gasteiger partial charge in [0.05, 0.1) is 6.42 Å². The number of rotatable bonds is 5. The summed E-state index contributed by atoms with van der Waals surface area (Å²) in [6, 6.07) is 7.76. The Hall–Kier alpha value is -1.97. The van der Waals surface area contributed by atoms with Crippen LogP contribution in [0.25, 0.3) is 0 Å². The molecule has 1 aromatic carbocycles. The predicted octanol–water partition coefficient (Wildman–Crippen LogP) is 2.29. The zero-order valence-corrected chi connectivity index (χ0v) is 10.8. The van der Waals surface area contributed by atoms with Crippen molar-refractivity contribution in [1.82, 2.24) is 14.8 Å². The molecular weight excluding hydrogens is 226 g/mol. The van der Waals surface area contributed by atoms with Gasteiger partial charge in [0.1, 0.15) is 12.2 Å². The molecule has 94 valence electrons. The standard InChI is InChI=1S/C14H17N3O/c1-3-11-5-7-12(8-6-11)13(18)9-14-15-10-16-17(14)4-2/h5-8,10H,3-4,9H2,1-2H3. The first-order chi connectivity index (χ1) is 8.74. The van der Waals surface area contributed by atoms with Gasteiger partial charge in [0.25, 0.3) is 0 Å². The third kappa shape index (κ3) is 2.64. The predicted molar refractivity (Wildman–Crippen MR) is 69.6 cm³/mol. The molecule has 0 aliphatic heterocycles. The number of carbonyl (C=O) groups excluding carboxylic acids is 1. The molecule has 1 aromatic heterocycles. The Morgan fingerprint density at radius 1 is 1.22 bits per heavy atom. The molecule has 2 rings (SSSR count). The molecule has 18 heavy (non-hydrogen) atoms. The van der Waals surface area contributed by atoms with Crippen LogP contribution in [-0.4, -0.2) is 20.5 Å². The van der Waals surface area contributed by atoms with E-state index < -0.39 is 0 Å². The fourth-order valence-corrected chi connectivity index (χ4v) is 1.86. The lowest BCUT2D eigenvalue weighted by Crippen LogP contribution is -2.10. The molecule has 1 heterocycles. The molecule has 0 fully saturated rings. The molecule has 0 N–H and O–H groups in total. The summed E-state index contributed by atoms with van der Waals surface area (Å²) in [7, 11) is 0. The van der Waals surface area contributed by atoms with Gasteiger partial charge in [0.15, 0.2) is 5.78 Å². The molecule has 4 nitrogen and oxygen atoms in total. The van der Waals surface area contributed by atoms with Crippen molar-refractivity contribution in [2.24, 2.45) is 0 Å². The van der Waals surface area contributed by atoms with E-state index in [9.17, 15) is 4.79 Å². The number of hydrogen-bond acceptors (Lipinski definition) is 3. The Kier molecular flexibility index (Phi) is 3.87. The van der Waals surface area contributed by atoms with Gasteiger partial charge in [-0.3, -0.25) is 4.79 Å². The van der Waals surface area contributed by atoms with E-state index in [4.69, 9.17) is 0 Å². The number of ketones is 1. The first-order valence-corrected chi connectivity index (χ1v) is 6.23. The van der Waals surface area contributed by atoms with Crippen molar-refractivity contribution in [1.29, 1.82) is 0 Å². The van der Waals surface area contributed by atoms with E-state index >= 15 is 0 Å². The highest BCUT2D eigenvalue weighted by molar-refractivity contribution is 5.97. The average molecular weight is 243 g/mol. The summed E-state index contributed by atoms with van der Waals surface area (Å²) in [5, 5.41) is 4.06. The Bertz CT molecular complexity index is 528. The third-order valence-corrected chi connectivity index (χ3v) is 3.00. The van der Waals surface area contributed by atoms with E-state index in [-0.39, 0.29) is 5.78 Å². The maximum absolute atomic E-state index is 12.1. The van der Waals surface area contributed by atoms with Gasteiger partial charge in [-0.15, -0.1) is 0 Å². The fourth-order valence-electron chi connectivity index (χ4n) is 1.86. The second kappa shape index (κ2) is 5.58. The lowest BCUT2D eigenvalue weighted by Gasteiger charge is -2.03. The summed E-state index contributed by atoms with van der Waals surface area (Å²) in [5.41, 5.74) is 1.97. The van der Waals surface area contributed by atoms with Crippen molar-refractivity contribution in [2.75, 3.05) is 0 Å². The number of Topliss-reactive ketones (excluding diaryl/α,β-unsaturated/α-hetero) is 1. The van der Waals surface area contributed by atoms with Crippen molar-refractivity contribution in [3.05, 3.63) is 47.5 Å². The van der Waals surface area contributed by atoms with Crippen LogP contribution in [0.3, 0.4) is 0 Å². The number of benzene rings is 1. The largest absolute Gasteiger partial charge is 0.294 e. The number of hydrogen-bond donors (Lipinski definition) is 0. The third-order valence-electron chi connectivity index (χ3n) is 3.00. The Morgan fingerprint density at radius 3 is 2.56 bits per heavy atom. The second-order valence-electron chi connectivity index (χ2n) is 4.14. The molecule has 0 bridgehead atoms. The molecule has 0 aliphatic carbocycles. The smallest absolute Gasteiger partial charge is 0.170 e. The monoisotopic (exact) mass is 243 g/mol. The van der Waals surface area contributed by atoms with Crippen molar-refractivity contribution in [3.63, 3.8) is 0 Å². The number of aromatic nitrogens is 3. The lowest BCUT2D eigenvalue weighted by molar-refractivity contribution is 0.0989. The van der Waals surface area contributed by atoms with E-state index in [0.29, 0.717) is 6.42 Å². The van der Waals surface area contributed by atoms with Crippen LogP contribution < -0.4 is 0 Å². The van der Waals surface area contributed by atoms with Crippen molar-refractivity contribution >= 4 is 5.78 Å². The normalized spacial score (nSPS) is 10.6. The van der Waals surface area contributed by atoms with E-state index in [1.165, 1.54) is 11.9 Å². The maximum Gasteiger partial charge on any atom is 0.170 e. The highest BCUT2D eigenvalue weighted by Gasteiger charge is 2.11. The molecule has 0 spiro atoms. The Labute approximate surface area is 107 Å². The number of nitrogens with zero attached hydrogens (tertiary/aromatic N) is 3. The molecule has 0 aliphatic rings. The summed E-state index contributed by atoms with van der Waals surface area (Å²) >= 11 is 0. The second-order valence-corrected chi connectivity index (χ2v) is 4.14. The van der Waals surface area contributed by atoms with Crippen LogP contribution in [0.15, 0.2) is 30.6 Å². The maximum atomic E-state index is 12.1. The van der Waals surface area contributed by atoms with Crippen LogP contribution in [0.1, 0.15) is 35.6 Å². The van der Waals surface area contributed by atoms with Crippen LogP contribution in [0.5, 0.6) is 0 Å². The molecule has 4 heteroatoms. The topological polar surface area (TPSA) is 47.8 Å². The molecular formula is C14H17N3O. The van der Waals surface area contributed by atoms with Crippen molar-refractivity contribution in [2.45, 2.75) is 33.2 Å². The first-order valence-electron chi connectivity index (χ1n) is 6.23. The SMILES string of the molecule is CCc1ccc(C(=O)Cc2ncnn2CC)cc1. The van der Waals surface area contributed by atoms with Gasteiger partial charge in [-0.25, -0.2) is 9.67 Å². The van der Waals surface area contributed by atoms with Crippen LogP contribution in [0.2, 0.25) is 0 Å². The molecule has 0 atom stereocenters. The van der Waals surface area contributed by atoms with E-state index in [2.05, 4.69) is 17.0 Å². The molecule has 0 radical (unpaired) electrons.